The number of nitrogens with one attached hydrogen (secondary N) is 1. The third-order valence-corrected chi connectivity index (χ3v) is 6.45. The van der Waals surface area contributed by atoms with E-state index >= 15 is 0 Å². The van der Waals surface area contributed by atoms with Crippen LogP contribution in [0.4, 0.5) is 5.82 Å². The van der Waals surface area contributed by atoms with Crippen LogP contribution >= 0.6 is 7.52 Å². The SMILES string of the molecule is CCCOC(=O)[C@H](C)NP(=O)(CO[C@H](C)Cn1cnc2c(N)ncnc21)OCCC(=O)OC(C)C. The summed E-state index contributed by atoms with van der Waals surface area (Å²) >= 11 is 0. The summed E-state index contributed by atoms with van der Waals surface area (Å²) < 4.78 is 36.7. The number of imidazole rings is 1. The highest BCUT2D eigenvalue weighted by Gasteiger charge is 2.30. The predicted octanol–water partition coefficient (Wildman–Crippen LogP) is 2.25. The van der Waals surface area contributed by atoms with Crippen molar-refractivity contribution in [2.45, 2.75) is 72.3 Å². The largest absolute Gasteiger partial charge is 0.465 e. The second-order valence-electron chi connectivity index (χ2n) is 8.25. The van der Waals surface area contributed by atoms with E-state index in [4.69, 9.17) is 24.5 Å². The molecule has 0 fully saturated rings. The maximum Gasteiger partial charge on any atom is 0.323 e. The van der Waals surface area contributed by atoms with Crippen LogP contribution in [0.5, 0.6) is 0 Å². The summed E-state index contributed by atoms with van der Waals surface area (Å²) in [6.07, 6.45) is 2.41. The average molecular weight is 515 g/mol. The second kappa shape index (κ2) is 13.5. The lowest BCUT2D eigenvalue weighted by molar-refractivity contribution is -0.148. The van der Waals surface area contributed by atoms with Gasteiger partial charge in [-0.1, -0.05) is 6.92 Å². The Morgan fingerprint density at radius 2 is 1.91 bits per heavy atom. The normalized spacial score (nSPS) is 15.0. The second-order valence-corrected chi connectivity index (χ2v) is 10.4. The smallest absolute Gasteiger partial charge is 0.323 e. The molecule has 0 amide bonds. The van der Waals surface area contributed by atoms with Crippen LogP contribution in [-0.2, 0) is 39.4 Å². The fourth-order valence-electron chi connectivity index (χ4n) is 2.97. The van der Waals surface area contributed by atoms with Gasteiger partial charge in [0.1, 0.15) is 24.2 Å². The molecule has 0 bridgehead atoms. The minimum Gasteiger partial charge on any atom is -0.465 e. The molecule has 3 N–H and O–H groups in total. The van der Waals surface area contributed by atoms with E-state index in [0.717, 1.165) is 0 Å². The molecule has 14 heteroatoms. The van der Waals surface area contributed by atoms with Crippen LogP contribution < -0.4 is 10.8 Å². The lowest BCUT2D eigenvalue weighted by Gasteiger charge is -2.24. The summed E-state index contributed by atoms with van der Waals surface area (Å²) in [7, 11) is -3.70. The zero-order valence-corrected chi connectivity index (χ0v) is 21.7. The number of nitrogen functional groups attached to an aromatic ring is 1. The highest BCUT2D eigenvalue weighted by atomic mass is 31.2. The molecule has 2 rings (SSSR count). The molecule has 2 heterocycles. The van der Waals surface area contributed by atoms with Gasteiger partial charge in [0.2, 0.25) is 0 Å². The van der Waals surface area contributed by atoms with E-state index in [1.54, 1.807) is 31.7 Å². The first-order chi connectivity index (χ1) is 16.5. The van der Waals surface area contributed by atoms with Crippen LogP contribution in [0.3, 0.4) is 0 Å². The minimum absolute atomic E-state index is 0.101. The number of ether oxygens (including phenoxy) is 3. The Balaban J connectivity index is 2.02. The van der Waals surface area contributed by atoms with Gasteiger partial charge in [0.25, 0.3) is 7.52 Å². The lowest BCUT2D eigenvalue weighted by atomic mass is 10.4. The highest BCUT2D eigenvalue weighted by Crippen LogP contribution is 2.43. The number of carbonyl (C=O) groups excluding carboxylic acids is 2. The molecule has 0 radical (unpaired) electrons. The molecule has 0 aromatic carbocycles. The zero-order valence-electron chi connectivity index (χ0n) is 20.8. The Morgan fingerprint density at radius 3 is 2.60 bits per heavy atom. The van der Waals surface area contributed by atoms with Crippen LogP contribution in [0.15, 0.2) is 12.7 Å². The number of fused-ring (bicyclic) bond motifs is 1. The van der Waals surface area contributed by atoms with Gasteiger partial charge in [-0.15, -0.1) is 0 Å². The Labute approximate surface area is 204 Å². The van der Waals surface area contributed by atoms with Crippen LogP contribution in [0.25, 0.3) is 11.2 Å². The van der Waals surface area contributed by atoms with Crippen molar-refractivity contribution in [3.05, 3.63) is 12.7 Å². The standard InChI is InChI=1S/C21H35N6O7P/c1-6-8-31-21(29)16(5)26-35(30,33-9-7-17(28)34-14(2)3)13-32-15(4)10-27-12-25-18-19(22)23-11-24-20(18)27/h11-12,14-16H,6-10,13H2,1-5H3,(H,26,30)(H2,22,23,24)/t15-,16+,35?/m1/s1. The van der Waals surface area contributed by atoms with Gasteiger partial charge in [-0.3, -0.25) is 14.2 Å². The molecule has 3 atom stereocenters. The predicted molar refractivity (Wildman–Crippen MR) is 128 cm³/mol. The molecule has 1 unspecified atom stereocenters. The van der Waals surface area contributed by atoms with Crippen LogP contribution in [-0.4, -0.2) is 69.3 Å². The number of anilines is 1. The van der Waals surface area contributed by atoms with Gasteiger partial charge < -0.3 is 29.0 Å². The van der Waals surface area contributed by atoms with Crippen molar-refractivity contribution in [2.24, 2.45) is 0 Å². The molecule has 35 heavy (non-hydrogen) atoms. The van der Waals surface area contributed by atoms with Crippen LogP contribution in [0.2, 0.25) is 0 Å². The molecule has 0 saturated carbocycles. The number of esters is 2. The number of hydrogen-bond acceptors (Lipinski definition) is 11. The monoisotopic (exact) mass is 514 g/mol. The molecule has 2 aromatic heterocycles. The fraction of sp³-hybridized carbons (Fsp3) is 0.667. The van der Waals surface area contributed by atoms with Gasteiger partial charge in [0.15, 0.2) is 11.5 Å². The van der Waals surface area contributed by atoms with Gasteiger partial charge in [-0.05, 0) is 34.1 Å². The maximum absolute atomic E-state index is 13.5. The van der Waals surface area contributed by atoms with Crippen molar-refractivity contribution >= 4 is 36.4 Å². The molecule has 0 aliphatic rings. The molecule has 0 spiro atoms. The first-order valence-corrected chi connectivity index (χ1v) is 13.3. The Kier molecular flexibility index (Phi) is 11.0. The molecule has 2 aromatic rings. The molecule has 196 valence electrons. The van der Waals surface area contributed by atoms with Gasteiger partial charge >= 0.3 is 11.9 Å². The summed E-state index contributed by atoms with van der Waals surface area (Å²) in [5, 5.41) is 2.69. The van der Waals surface area contributed by atoms with E-state index in [9.17, 15) is 14.2 Å². The Hall–Kier alpha value is -2.60. The molecular weight excluding hydrogens is 479 g/mol. The summed E-state index contributed by atoms with van der Waals surface area (Å²) in [5.41, 5.74) is 6.84. The lowest BCUT2D eigenvalue weighted by Crippen LogP contribution is -2.35. The van der Waals surface area contributed by atoms with Crippen LogP contribution in [0.1, 0.15) is 47.5 Å². The van der Waals surface area contributed by atoms with E-state index in [1.165, 1.54) is 13.3 Å². The van der Waals surface area contributed by atoms with Crippen molar-refractivity contribution in [1.82, 2.24) is 24.6 Å². The van der Waals surface area contributed by atoms with Crippen LogP contribution in [0, 0.1) is 0 Å². The molecule has 0 aliphatic carbocycles. The van der Waals surface area contributed by atoms with E-state index in [1.807, 2.05) is 6.92 Å². The average Bonchev–Trinajstić information content (AvgIpc) is 3.19. The van der Waals surface area contributed by atoms with E-state index in [-0.39, 0.29) is 37.9 Å². The maximum atomic E-state index is 13.5. The highest BCUT2D eigenvalue weighted by molar-refractivity contribution is 7.56. The number of carbonyl (C=O) groups is 2. The third-order valence-electron chi connectivity index (χ3n) is 4.58. The summed E-state index contributed by atoms with van der Waals surface area (Å²) in [5.74, 6) is -0.779. The third kappa shape index (κ3) is 9.17. The first-order valence-electron chi connectivity index (χ1n) is 11.4. The quantitative estimate of drug-likeness (QED) is 0.263. The number of hydrogen-bond donors (Lipinski definition) is 2. The summed E-state index contributed by atoms with van der Waals surface area (Å²) in [4.78, 5) is 36.3. The van der Waals surface area contributed by atoms with E-state index in [0.29, 0.717) is 24.1 Å². The van der Waals surface area contributed by atoms with E-state index in [2.05, 4.69) is 20.0 Å². The number of nitrogens with zero attached hydrogens (tertiary/aromatic N) is 4. The topological polar surface area (TPSA) is 170 Å². The Morgan fingerprint density at radius 1 is 1.17 bits per heavy atom. The summed E-state index contributed by atoms with van der Waals surface area (Å²) in [6, 6.07) is -0.911. The fourth-order valence-corrected chi connectivity index (χ4v) is 4.73. The van der Waals surface area contributed by atoms with Crippen molar-refractivity contribution in [3.8, 4) is 0 Å². The number of aromatic nitrogens is 4. The van der Waals surface area contributed by atoms with Gasteiger partial charge in [-0.2, -0.15) is 0 Å². The zero-order chi connectivity index (χ0) is 26.0. The molecular formula is C21H35N6O7P. The van der Waals surface area contributed by atoms with Crippen molar-refractivity contribution in [2.75, 3.05) is 25.3 Å². The van der Waals surface area contributed by atoms with Gasteiger partial charge in [-0.25, -0.2) is 20.0 Å². The number of nitrogens with two attached hydrogens (primary N) is 1. The molecule has 13 nitrogen and oxygen atoms in total. The summed E-state index contributed by atoms with van der Waals surface area (Å²) in [6.45, 7) is 9.04. The van der Waals surface area contributed by atoms with Crippen molar-refractivity contribution in [1.29, 1.82) is 0 Å². The molecule has 0 aliphatic heterocycles. The van der Waals surface area contributed by atoms with Crippen molar-refractivity contribution < 1.29 is 32.9 Å². The number of rotatable bonds is 15. The van der Waals surface area contributed by atoms with Gasteiger partial charge in [0, 0.05) is 0 Å². The molecule has 0 saturated heterocycles. The van der Waals surface area contributed by atoms with Gasteiger partial charge in [0.05, 0.1) is 44.7 Å². The first kappa shape index (κ1) is 28.6. The Bertz CT molecular complexity index is 1030. The minimum atomic E-state index is -3.70. The van der Waals surface area contributed by atoms with Crippen molar-refractivity contribution in [3.63, 3.8) is 0 Å². The van der Waals surface area contributed by atoms with E-state index < -0.39 is 31.6 Å².